The number of carboxylic acids is 1. The highest BCUT2D eigenvalue weighted by Gasteiger charge is 1.65. The van der Waals surface area contributed by atoms with Crippen LogP contribution in [0.15, 0.2) is 0 Å². The van der Waals surface area contributed by atoms with Crippen LogP contribution in [0.1, 0.15) is 13.8 Å². The number of primary amides is 1. The number of carboxylic acid groups (broad SMARTS) is 2. The van der Waals surface area contributed by atoms with E-state index in [0.29, 0.717) is 0 Å². The molecule has 0 aliphatic carbocycles. The first-order valence-electron chi connectivity index (χ1n) is 2.37. The number of aliphatic carboxylic acids is 1. The topological polar surface area (TPSA) is 124 Å². The molecular formula is C5H10N2O4. The van der Waals surface area contributed by atoms with Gasteiger partial charge < -0.3 is 15.9 Å². The van der Waals surface area contributed by atoms with Gasteiger partial charge >= 0.3 is 6.09 Å². The molecule has 0 radical (unpaired) electrons. The first-order valence-corrected chi connectivity index (χ1v) is 2.37. The van der Waals surface area contributed by atoms with E-state index in [0.717, 1.165) is 6.92 Å². The number of nitriles is 1. The summed E-state index contributed by atoms with van der Waals surface area (Å²) in [5.74, 6) is -0.833. The zero-order valence-corrected chi connectivity index (χ0v) is 6.24. The van der Waals surface area contributed by atoms with Gasteiger partial charge in [0.1, 0.15) is 0 Å². The first-order chi connectivity index (χ1) is 4.88. The Balaban J connectivity index is -0.0000000886. The van der Waals surface area contributed by atoms with Crippen LogP contribution < -0.4 is 5.73 Å². The van der Waals surface area contributed by atoms with E-state index in [1.807, 2.05) is 0 Å². The molecule has 0 aliphatic rings. The lowest BCUT2D eigenvalue weighted by Crippen LogP contribution is -2.03. The molecule has 0 aromatic carbocycles. The smallest absolute Gasteiger partial charge is 0.402 e. The van der Waals surface area contributed by atoms with Gasteiger partial charge in [-0.25, -0.2) is 4.79 Å². The number of rotatable bonds is 0. The minimum absolute atomic E-state index is 0.833. The largest absolute Gasteiger partial charge is 0.481 e. The van der Waals surface area contributed by atoms with Crippen LogP contribution in [0.5, 0.6) is 0 Å². The van der Waals surface area contributed by atoms with Crippen molar-refractivity contribution >= 4 is 12.1 Å². The van der Waals surface area contributed by atoms with E-state index in [1.54, 1.807) is 6.07 Å². The van der Waals surface area contributed by atoms with E-state index >= 15 is 0 Å². The number of amides is 1. The quantitative estimate of drug-likeness (QED) is 0.470. The van der Waals surface area contributed by atoms with Crippen LogP contribution in [-0.2, 0) is 4.79 Å². The summed E-state index contributed by atoms with van der Waals surface area (Å²) in [6, 6.07) is 1.75. The third kappa shape index (κ3) is 102. The van der Waals surface area contributed by atoms with Crippen LogP contribution >= 0.6 is 0 Å². The Hall–Kier alpha value is -1.77. The molecule has 6 heteroatoms. The average molecular weight is 162 g/mol. The van der Waals surface area contributed by atoms with Crippen molar-refractivity contribution in [3.05, 3.63) is 0 Å². The van der Waals surface area contributed by atoms with Gasteiger partial charge in [0.25, 0.3) is 5.97 Å². The molecule has 4 N–H and O–H groups in total. The highest BCUT2D eigenvalue weighted by molar-refractivity contribution is 5.63. The normalized spacial score (nSPS) is 5.18. The van der Waals surface area contributed by atoms with Crippen LogP contribution in [0.3, 0.4) is 0 Å². The Morgan fingerprint density at radius 2 is 1.45 bits per heavy atom. The highest BCUT2D eigenvalue weighted by atomic mass is 16.4. The van der Waals surface area contributed by atoms with Gasteiger partial charge in [-0.05, 0) is 0 Å². The Morgan fingerprint density at radius 1 is 1.45 bits per heavy atom. The number of nitrogens with zero attached hydrogens (tertiary/aromatic N) is 1. The lowest BCUT2D eigenvalue weighted by Gasteiger charge is -1.61. The predicted octanol–water partition coefficient (Wildman–Crippen LogP) is 0.244. The van der Waals surface area contributed by atoms with E-state index in [1.165, 1.54) is 6.92 Å². The molecule has 0 aromatic heterocycles. The van der Waals surface area contributed by atoms with Crippen molar-refractivity contribution in [3.8, 4) is 6.07 Å². The summed E-state index contributed by atoms with van der Waals surface area (Å²) in [4.78, 5) is 17.8. The number of nitrogens with two attached hydrogens (primary N) is 1. The van der Waals surface area contributed by atoms with Gasteiger partial charge in [0.2, 0.25) is 0 Å². The van der Waals surface area contributed by atoms with Gasteiger partial charge in [0.05, 0.1) is 6.07 Å². The van der Waals surface area contributed by atoms with E-state index in [4.69, 9.17) is 25.1 Å². The summed E-state index contributed by atoms with van der Waals surface area (Å²) in [5.41, 5.74) is 4.03. The summed E-state index contributed by atoms with van der Waals surface area (Å²) in [5, 5.41) is 21.9. The fraction of sp³-hybridized carbons (Fsp3) is 0.400. The van der Waals surface area contributed by atoms with E-state index in [2.05, 4.69) is 5.73 Å². The third-order valence-electron chi connectivity index (χ3n) is 0. The number of hydrogen-bond acceptors (Lipinski definition) is 3. The summed E-state index contributed by atoms with van der Waals surface area (Å²) < 4.78 is 0. The van der Waals surface area contributed by atoms with Crippen molar-refractivity contribution in [1.29, 1.82) is 5.26 Å². The van der Waals surface area contributed by atoms with Crippen LogP contribution in [-0.4, -0.2) is 22.3 Å². The maximum Gasteiger partial charge on any atom is 0.402 e. The molecule has 0 aliphatic heterocycles. The Bertz CT molecular complexity index is 129. The van der Waals surface area contributed by atoms with Gasteiger partial charge in [-0.1, -0.05) is 0 Å². The molecule has 0 unspecified atom stereocenters. The Kier molecular flexibility index (Phi) is 23.0. The molecule has 0 heterocycles. The molecule has 1 amide bonds. The van der Waals surface area contributed by atoms with Gasteiger partial charge in [-0.3, -0.25) is 4.79 Å². The summed E-state index contributed by atoms with van der Waals surface area (Å²) in [7, 11) is 0. The van der Waals surface area contributed by atoms with Crippen LogP contribution in [0.25, 0.3) is 0 Å². The third-order valence-corrected chi connectivity index (χ3v) is 0. The SMILES string of the molecule is CC#N.CC(=O)O.NC(=O)O. The van der Waals surface area contributed by atoms with Crippen molar-refractivity contribution in [1.82, 2.24) is 0 Å². The summed E-state index contributed by atoms with van der Waals surface area (Å²) in [6.45, 7) is 2.51. The molecule has 64 valence electrons. The van der Waals surface area contributed by atoms with Gasteiger partial charge in [0.15, 0.2) is 0 Å². The van der Waals surface area contributed by atoms with Gasteiger partial charge in [-0.15, -0.1) is 0 Å². The minimum Gasteiger partial charge on any atom is -0.481 e. The second-order valence-electron chi connectivity index (χ2n) is 1.08. The predicted molar refractivity (Wildman–Crippen MR) is 36.8 cm³/mol. The fourth-order valence-electron chi connectivity index (χ4n) is 0. The van der Waals surface area contributed by atoms with Gasteiger partial charge in [-0.2, -0.15) is 5.26 Å². The summed E-state index contributed by atoms with van der Waals surface area (Å²) in [6.07, 6.45) is -1.33. The molecule has 0 rings (SSSR count). The maximum atomic E-state index is 9.00. The molecule has 6 nitrogen and oxygen atoms in total. The van der Waals surface area contributed by atoms with Crippen LogP contribution in [0.4, 0.5) is 4.79 Å². The minimum atomic E-state index is -1.33. The zero-order chi connectivity index (χ0) is 9.86. The van der Waals surface area contributed by atoms with E-state index in [9.17, 15) is 0 Å². The standard InChI is InChI=1S/C2H3N.C2H4O2.CH3NO2/c1-2-3;1-2(3)4;2-1(3)4/h1H3;1H3,(H,3,4);2H2,(H,3,4). The molecule has 0 saturated heterocycles. The second kappa shape index (κ2) is 15.7. The first kappa shape index (κ1) is 16.1. The van der Waals surface area contributed by atoms with E-state index < -0.39 is 12.1 Å². The molecule has 0 fully saturated rings. The Labute approximate surface area is 63.9 Å². The lowest BCUT2D eigenvalue weighted by atomic mass is 10.9. The zero-order valence-electron chi connectivity index (χ0n) is 6.24. The van der Waals surface area contributed by atoms with Crippen molar-refractivity contribution in [2.45, 2.75) is 13.8 Å². The molecular weight excluding hydrogens is 152 g/mol. The monoisotopic (exact) mass is 162 g/mol. The van der Waals surface area contributed by atoms with E-state index in [-0.39, 0.29) is 0 Å². The number of hydrogen-bond donors (Lipinski definition) is 3. The maximum absolute atomic E-state index is 9.00. The molecule has 0 spiro atoms. The van der Waals surface area contributed by atoms with Crippen LogP contribution in [0, 0.1) is 11.3 Å². The average Bonchev–Trinajstić information content (AvgIpc) is 1.60. The molecule has 0 aromatic rings. The highest BCUT2D eigenvalue weighted by Crippen LogP contribution is 1.42. The molecule has 0 atom stereocenters. The van der Waals surface area contributed by atoms with Crippen molar-refractivity contribution < 1.29 is 19.8 Å². The van der Waals surface area contributed by atoms with Crippen molar-refractivity contribution in [2.75, 3.05) is 0 Å². The lowest BCUT2D eigenvalue weighted by molar-refractivity contribution is -0.134. The Morgan fingerprint density at radius 3 is 1.45 bits per heavy atom. The molecule has 0 saturated carbocycles. The van der Waals surface area contributed by atoms with Crippen molar-refractivity contribution in [3.63, 3.8) is 0 Å². The second-order valence-corrected chi connectivity index (χ2v) is 1.08. The van der Waals surface area contributed by atoms with Crippen LogP contribution in [0.2, 0.25) is 0 Å². The van der Waals surface area contributed by atoms with Gasteiger partial charge in [0, 0.05) is 13.8 Å². The molecule has 11 heavy (non-hydrogen) atoms. The summed E-state index contributed by atoms with van der Waals surface area (Å²) >= 11 is 0. The molecule has 0 bridgehead atoms. The fourth-order valence-corrected chi connectivity index (χ4v) is 0. The van der Waals surface area contributed by atoms with Crippen molar-refractivity contribution in [2.24, 2.45) is 5.73 Å². The number of carbonyl (C=O) groups is 2.